The van der Waals surface area contributed by atoms with Crippen molar-refractivity contribution in [2.45, 2.75) is 12.3 Å². The zero-order chi connectivity index (χ0) is 23.3. The fourth-order valence-electron chi connectivity index (χ4n) is 3.08. The number of benzene rings is 2. The number of ether oxygens (including phenoxy) is 1. The van der Waals surface area contributed by atoms with Gasteiger partial charge in [-0.15, -0.1) is 11.3 Å². The Morgan fingerprint density at radius 1 is 1.09 bits per heavy atom. The van der Waals surface area contributed by atoms with Crippen LogP contribution in [0.25, 0.3) is 16.0 Å². The Bertz CT molecular complexity index is 1110. The standard InChI is InChI=1S/C24H23NO6S/c1-14(18-12-17(9-10-20(18)31-2)21-4-3-11-32-21)22(27)15-5-7-16(8-6-15)23(28)25-19(13-26)24(29)30/h3-12,19,24,26,29-30H,1,13H2,2H3,(H,25,28). The summed E-state index contributed by atoms with van der Waals surface area (Å²) < 4.78 is 5.42. The molecule has 32 heavy (non-hydrogen) atoms. The van der Waals surface area contributed by atoms with Gasteiger partial charge in [0.05, 0.1) is 13.7 Å². The third-order valence-corrected chi connectivity index (χ3v) is 5.81. The van der Waals surface area contributed by atoms with Gasteiger partial charge in [-0.05, 0) is 47.3 Å². The summed E-state index contributed by atoms with van der Waals surface area (Å²) in [5.41, 5.74) is 2.30. The van der Waals surface area contributed by atoms with Crippen molar-refractivity contribution in [2.24, 2.45) is 0 Å². The number of aliphatic hydroxyl groups is 3. The summed E-state index contributed by atoms with van der Waals surface area (Å²) in [6.07, 6.45) is -1.90. The van der Waals surface area contributed by atoms with Crippen LogP contribution in [0.4, 0.5) is 0 Å². The Balaban J connectivity index is 1.81. The second-order valence-corrected chi connectivity index (χ2v) is 7.90. The van der Waals surface area contributed by atoms with Crippen molar-refractivity contribution >= 4 is 28.6 Å². The Morgan fingerprint density at radius 2 is 1.78 bits per heavy atom. The van der Waals surface area contributed by atoms with E-state index in [1.807, 2.05) is 29.6 Å². The topological polar surface area (TPSA) is 116 Å². The number of allylic oxidation sites excluding steroid dienone is 1. The van der Waals surface area contributed by atoms with Crippen molar-refractivity contribution in [1.29, 1.82) is 0 Å². The number of rotatable bonds is 9. The van der Waals surface area contributed by atoms with Gasteiger partial charge >= 0.3 is 0 Å². The maximum atomic E-state index is 13.1. The molecule has 166 valence electrons. The number of amides is 1. The number of Topliss-reactive ketones (excluding diaryl/α,β-unsaturated/α-hetero) is 1. The van der Waals surface area contributed by atoms with E-state index < -0.39 is 24.8 Å². The van der Waals surface area contributed by atoms with Crippen LogP contribution in [0.5, 0.6) is 5.75 Å². The largest absolute Gasteiger partial charge is 0.496 e. The van der Waals surface area contributed by atoms with Gasteiger partial charge in [-0.3, -0.25) is 9.59 Å². The van der Waals surface area contributed by atoms with Gasteiger partial charge < -0.3 is 25.4 Å². The summed E-state index contributed by atoms with van der Waals surface area (Å²) in [5.74, 6) is -0.407. The molecule has 3 rings (SSSR count). The first-order valence-corrected chi connectivity index (χ1v) is 10.6. The number of nitrogens with one attached hydrogen (secondary N) is 1. The Hall–Kier alpha value is -3.30. The van der Waals surface area contributed by atoms with Crippen LogP contribution in [-0.2, 0) is 0 Å². The maximum absolute atomic E-state index is 13.1. The second kappa shape index (κ2) is 10.3. The monoisotopic (exact) mass is 453 g/mol. The summed E-state index contributed by atoms with van der Waals surface area (Å²) in [5, 5.41) is 31.7. The zero-order valence-corrected chi connectivity index (χ0v) is 18.1. The molecule has 0 aliphatic carbocycles. The molecule has 8 heteroatoms. The predicted molar refractivity (Wildman–Crippen MR) is 123 cm³/mol. The maximum Gasteiger partial charge on any atom is 0.251 e. The van der Waals surface area contributed by atoms with Gasteiger partial charge in [-0.25, -0.2) is 0 Å². The van der Waals surface area contributed by atoms with Crippen LogP contribution in [0.3, 0.4) is 0 Å². The highest BCUT2D eigenvalue weighted by Gasteiger charge is 2.20. The molecular formula is C24H23NO6S. The lowest BCUT2D eigenvalue weighted by Gasteiger charge is -2.18. The van der Waals surface area contributed by atoms with Crippen LogP contribution in [0, 0.1) is 0 Å². The number of methoxy groups -OCH3 is 1. The summed E-state index contributed by atoms with van der Waals surface area (Å²) >= 11 is 1.59. The molecular weight excluding hydrogens is 430 g/mol. The molecule has 0 spiro atoms. The van der Waals surface area contributed by atoms with Crippen LogP contribution in [0.2, 0.25) is 0 Å². The smallest absolute Gasteiger partial charge is 0.251 e. The normalized spacial score (nSPS) is 11.8. The molecule has 1 heterocycles. The van der Waals surface area contributed by atoms with Crippen molar-refractivity contribution in [1.82, 2.24) is 5.32 Å². The molecule has 4 N–H and O–H groups in total. The average molecular weight is 454 g/mol. The molecule has 0 fully saturated rings. The molecule has 0 bridgehead atoms. The van der Waals surface area contributed by atoms with Crippen molar-refractivity contribution in [2.75, 3.05) is 13.7 Å². The number of thiophene rings is 1. The summed E-state index contributed by atoms with van der Waals surface area (Å²) in [6, 6.07) is 14.1. The van der Waals surface area contributed by atoms with E-state index >= 15 is 0 Å². The van der Waals surface area contributed by atoms with Crippen LogP contribution >= 0.6 is 11.3 Å². The van der Waals surface area contributed by atoms with Gasteiger partial charge in [-0.2, -0.15) is 0 Å². The zero-order valence-electron chi connectivity index (χ0n) is 17.3. The van der Waals surface area contributed by atoms with E-state index in [2.05, 4.69) is 11.9 Å². The molecule has 1 atom stereocenters. The minimum atomic E-state index is -1.90. The SMILES string of the molecule is C=C(C(=O)c1ccc(C(=O)NC(CO)C(O)O)cc1)c1cc(-c2cccs2)ccc1OC. The number of hydrogen-bond acceptors (Lipinski definition) is 7. The lowest BCUT2D eigenvalue weighted by Crippen LogP contribution is -2.45. The van der Waals surface area contributed by atoms with Crippen molar-refractivity contribution in [3.63, 3.8) is 0 Å². The first-order chi connectivity index (χ1) is 15.3. The lowest BCUT2D eigenvalue weighted by molar-refractivity contribution is -0.0755. The second-order valence-electron chi connectivity index (χ2n) is 6.95. The number of hydrogen-bond donors (Lipinski definition) is 4. The van der Waals surface area contributed by atoms with Gasteiger partial charge in [0.25, 0.3) is 5.91 Å². The Labute approximate surface area is 189 Å². The molecule has 7 nitrogen and oxygen atoms in total. The molecule has 0 aliphatic heterocycles. The van der Waals surface area contributed by atoms with Gasteiger partial charge in [-0.1, -0.05) is 24.8 Å². The molecule has 0 aliphatic rings. The van der Waals surface area contributed by atoms with Crippen LogP contribution in [0.15, 0.2) is 66.6 Å². The predicted octanol–water partition coefficient (Wildman–Crippen LogP) is 2.72. The molecule has 0 radical (unpaired) electrons. The van der Waals surface area contributed by atoms with Crippen LogP contribution < -0.4 is 10.1 Å². The summed E-state index contributed by atoms with van der Waals surface area (Å²) in [4.78, 5) is 26.3. The van der Waals surface area contributed by atoms with E-state index in [9.17, 15) is 9.59 Å². The highest BCUT2D eigenvalue weighted by atomic mass is 32.1. The van der Waals surface area contributed by atoms with Crippen molar-refractivity contribution in [3.05, 3.63) is 83.2 Å². The van der Waals surface area contributed by atoms with Gasteiger partial charge in [0.2, 0.25) is 0 Å². The molecule has 1 amide bonds. The van der Waals surface area contributed by atoms with Gasteiger partial charge in [0.15, 0.2) is 12.1 Å². The van der Waals surface area contributed by atoms with Crippen molar-refractivity contribution < 1.29 is 29.6 Å². The minimum absolute atomic E-state index is 0.198. The Morgan fingerprint density at radius 3 is 2.34 bits per heavy atom. The van der Waals surface area contributed by atoms with E-state index in [0.717, 1.165) is 10.4 Å². The van der Waals surface area contributed by atoms with E-state index in [0.29, 0.717) is 16.9 Å². The number of ketones is 1. The van der Waals surface area contributed by atoms with E-state index in [1.54, 1.807) is 17.4 Å². The number of aliphatic hydroxyl groups excluding tert-OH is 2. The molecule has 1 unspecified atom stereocenters. The quantitative estimate of drug-likeness (QED) is 0.225. The van der Waals surface area contributed by atoms with E-state index in [-0.39, 0.29) is 16.9 Å². The van der Waals surface area contributed by atoms with E-state index in [1.165, 1.54) is 31.4 Å². The fourth-order valence-corrected chi connectivity index (χ4v) is 3.80. The molecule has 3 aromatic rings. The average Bonchev–Trinajstić information content (AvgIpc) is 3.36. The van der Waals surface area contributed by atoms with Crippen LogP contribution in [0.1, 0.15) is 26.3 Å². The van der Waals surface area contributed by atoms with Gasteiger partial charge in [0, 0.05) is 27.1 Å². The molecule has 1 aromatic heterocycles. The summed E-state index contributed by atoms with van der Waals surface area (Å²) in [7, 11) is 1.53. The lowest BCUT2D eigenvalue weighted by atomic mass is 9.95. The highest BCUT2D eigenvalue weighted by molar-refractivity contribution is 7.13. The van der Waals surface area contributed by atoms with Gasteiger partial charge in [0.1, 0.15) is 11.8 Å². The summed E-state index contributed by atoms with van der Waals surface area (Å²) in [6.45, 7) is 3.34. The van der Waals surface area contributed by atoms with E-state index in [4.69, 9.17) is 20.1 Å². The number of carbonyl (C=O) groups is 2. The number of carbonyl (C=O) groups excluding carboxylic acids is 2. The minimum Gasteiger partial charge on any atom is -0.496 e. The first kappa shape index (κ1) is 23.4. The third-order valence-electron chi connectivity index (χ3n) is 4.89. The highest BCUT2D eigenvalue weighted by Crippen LogP contribution is 2.34. The molecule has 0 saturated heterocycles. The van der Waals surface area contributed by atoms with Crippen molar-refractivity contribution in [3.8, 4) is 16.2 Å². The first-order valence-electron chi connectivity index (χ1n) is 9.69. The molecule has 0 saturated carbocycles. The third kappa shape index (κ3) is 5.12. The fraction of sp³-hybridized carbons (Fsp3) is 0.167. The van der Waals surface area contributed by atoms with Crippen LogP contribution in [-0.4, -0.2) is 53.1 Å². The Kier molecular flexibility index (Phi) is 7.55. The molecule has 2 aromatic carbocycles.